The first-order valence-electron chi connectivity index (χ1n) is 11.0. The van der Waals surface area contributed by atoms with Crippen molar-refractivity contribution in [2.75, 3.05) is 31.7 Å². The van der Waals surface area contributed by atoms with Gasteiger partial charge in [0.2, 0.25) is 0 Å². The van der Waals surface area contributed by atoms with Crippen molar-refractivity contribution in [3.05, 3.63) is 0 Å². The molecule has 2 N–H and O–H groups in total. The minimum absolute atomic E-state index is 0.151. The van der Waals surface area contributed by atoms with Gasteiger partial charge in [0.1, 0.15) is 9.84 Å². The van der Waals surface area contributed by atoms with Gasteiger partial charge in [-0.1, -0.05) is 33.1 Å². The third-order valence-corrected chi connectivity index (χ3v) is 7.35. The van der Waals surface area contributed by atoms with Gasteiger partial charge in [-0.15, -0.1) is 0 Å². The zero-order valence-electron chi connectivity index (χ0n) is 18.5. The lowest BCUT2D eigenvalue weighted by Gasteiger charge is -2.58. The summed E-state index contributed by atoms with van der Waals surface area (Å²) in [7, 11) is -2.94. The number of rotatable bonds is 9. The van der Waals surface area contributed by atoms with Crippen LogP contribution in [0.25, 0.3) is 0 Å². The third-order valence-electron chi connectivity index (χ3n) is 6.41. The van der Waals surface area contributed by atoms with E-state index < -0.39 is 9.84 Å². The highest BCUT2D eigenvalue weighted by atomic mass is 32.2. The Morgan fingerprint density at radius 2 is 1.89 bits per heavy atom. The molecule has 0 aromatic carbocycles. The quantitative estimate of drug-likeness (QED) is 0.447. The summed E-state index contributed by atoms with van der Waals surface area (Å²) in [6, 6.07) is 0.404. The number of nitrogens with zero attached hydrogens (tertiary/aromatic N) is 1. The molecule has 0 aromatic heterocycles. The van der Waals surface area contributed by atoms with Gasteiger partial charge in [-0.05, 0) is 44.9 Å². The van der Waals surface area contributed by atoms with Crippen molar-refractivity contribution < 1.29 is 13.2 Å². The predicted molar refractivity (Wildman–Crippen MR) is 117 cm³/mol. The van der Waals surface area contributed by atoms with E-state index in [9.17, 15) is 8.42 Å². The largest absolute Gasteiger partial charge is 0.378 e. The number of ether oxygens (including phenoxy) is 1. The second-order valence-electron chi connectivity index (χ2n) is 9.41. The van der Waals surface area contributed by atoms with Crippen LogP contribution in [0.15, 0.2) is 4.99 Å². The zero-order valence-corrected chi connectivity index (χ0v) is 19.3. The molecule has 2 atom stereocenters. The van der Waals surface area contributed by atoms with Crippen LogP contribution in [0.5, 0.6) is 0 Å². The van der Waals surface area contributed by atoms with Crippen molar-refractivity contribution in [3.8, 4) is 0 Å². The maximum Gasteiger partial charge on any atom is 0.191 e. The molecule has 2 aliphatic rings. The minimum atomic E-state index is -2.94. The van der Waals surface area contributed by atoms with Gasteiger partial charge < -0.3 is 15.4 Å². The summed E-state index contributed by atoms with van der Waals surface area (Å²) >= 11 is 0. The maximum atomic E-state index is 11.5. The van der Waals surface area contributed by atoms with Gasteiger partial charge in [0.25, 0.3) is 0 Å². The number of sulfone groups is 1. The Labute approximate surface area is 172 Å². The lowest BCUT2D eigenvalue weighted by Crippen LogP contribution is -2.66. The summed E-state index contributed by atoms with van der Waals surface area (Å²) in [6.07, 6.45) is 9.68. The standard InChI is InChI=1S/C21H41N3O3S/c1-6-22-19(23-16-20(3,4)13-14-28(5,25)26)24-17-15-18(27-7-2)21(17)11-9-8-10-12-21/h17-18H,6-16H2,1-5H3,(H2,22,23,24). The molecule has 1 spiro atoms. The monoisotopic (exact) mass is 415 g/mol. The van der Waals surface area contributed by atoms with Gasteiger partial charge in [0.05, 0.1) is 11.9 Å². The van der Waals surface area contributed by atoms with Gasteiger partial charge in [-0.25, -0.2) is 8.42 Å². The van der Waals surface area contributed by atoms with Gasteiger partial charge in [0.15, 0.2) is 5.96 Å². The average Bonchev–Trinajstić information content (AvgIpc) is 2.64. The summed E-state index contributed by atoms with van der Waals surface area (Å²) in [5.74, 6) is 1.06. The highest BCUT2D eigenvalue weighted by Crippen LogP contribution is 2.53. The molecular weight excluding hydrogens is 374 g/mol. The van der Waals surface area contributed by atoms with E-state index in [1.807, 2.05) is 0 Å². The van der Waals surface area contributed by atoms with Crippen LogP contribution in [0.4, 0.5) is 0 Å². The molecule has 0 aliphatic heterocycles. The van der Waals surface area contributed by atoms with Crippen LogP contribution in [-0.4, -0.2) is 58.2 Å². The van der Waals surface area contributed by atoms with Crippen LogP contribution in [-0.2, 0) is 14.6 Å². The molecule has 0 amide bonds. The number of nitrogens with one attached hydrogen (secondary N) is 2. The summed E-state index contributed by atoms with van der Waals surface area (Å²) in [5.41, 5.74) is 0.0949. The highest BCUT2D eigenvalue weighted by Gasteiger charge is 2.55. The Morgan fingerprint density at radius 3 is 2.46 bits per heavy atom. The molecule has 0 saturated heterocycles. The van der Waals surface area contributed by atoms with Crippen LogP contribution in [0.3, 0.4) is 0 Å². The van der Waals surface area contributed by atoms with Gasteiger partial charge in [-0.3, -0.25) is 4.99 Å². The Morgan fingerprint density at radius 1 is 1.21 bits per heavy atom. The minimum Gasteiger partial charge on any atom is -0.378 e. The molecule has 0 radical (unpaired) electrons. The molecule has 28 heavy (non-hydrogen) atoms. The number of aliphatic imine (C=N–C) groups is 1. The topological polar surface area (TPSA) is 79.8 Å². The van der Waals surface area contributed by atoms with Crippen molar-refractivity contribution in [1.82, 2.24) is 10.6 Å². The molecule has 2 fully saturated rings. The fourth-order valence-corrected chi connectivity index (χ4v) is 5.51. The second kappa shape index (κ2) is 9.79. The Hall–Kier alpha value is -0.820. The molecule has 164 valence electrons. The van der Waals surface area contributed by atoms with Crippen LogP contribution < -0.4 is 10.6 Å². The molecule has 7 heteroatoms. The third kappa shape index (κ3) is 6.34. The van der Waals surface area contributed by atoms with Crippen molar-refractivity contribution in [1.29, 1.82) is 0 Å². The summed E-state index contributed by atoms with van der Waals surface area (Å²) in [5, 5.41) is 7.06. The van der Waals surface area contributed by atoms with Crippen LogP contribution in [0.2, 0.25) is 0 Å². The van der Waals surface area contributed by atoms with E-state index in [2.05, 4.69) is 38.3 Å². The molecular formula is C21H41N3O3S. The predicted octanol–water partition coefficient (Wildman–Crippen LogP) is 3.13. The number of guanidine groups is 1. The normalized spacial score (nSPS) is 25.4. The van der Waals surface area contributed by atoms with Crippen molar-refractivity contribution >= 4 is 15.8 Å². The highest BCUT2D eigenvalue weighted by molar-refractivity contribution is 7.90. The fraction of sp³-hybridized carbons (Fsp3) is 0.952. The second-order valence-corrected chi connectivity index (χ2v) is 11.7. The molecule has 2 saturated carbocycles. The van der Waals surface area contributed by atoms with Crippen LogP contribution in [0.1, 0.15) is 72.6 Å². The van der Waals surface area contributed by atoms with E-state index in [-0.39, 0.29) is 16.6 Å². The van der Waals surface area contributed by atoms with Gasteiger partial charge in [0, 0.05) is 37.4 Å². The zero-order chi connectivity index (χ0) is 20.8. The lowest BCUT2D eigenvalue weighted by atomic mass is 9.55. The van der Waals surface area contributed by atoms with Gasteiger partial charge >= 0.3 is 0 Å². The summed E-state index contributed by atoms with van der Waals surface area (Å²) in [6.45, 7) is 10.5. The van der Waals surface area contributed by atoms with E-state index >= 15 is 0 Å². The molecule has 2 rings (SSSR count). The Balaban J connectivity index is 2.02. The lowest BCUT2D eigenvalue weighted by molar-refractivity contribution is -0.145. The smallest absolute Gasteiger partial charge is 0.191 e. The van der Waals surface area contributed by atoms with Crippen LogP contribution >= 0.6 is 0 Å². The first-order chi connectivity index (χ1) is 13.1. The van der Waals surface area contributed by atoms with E-state index in [1.165, 1.54) is 38.4 Å². The van der Waals surface area contributed by atoms with Crippen molar-refractivity contribution in [3.63, 3.8) is 0 Å². The van der Waals surface area contributed by atoms with Crippen molar-refractivity contribution in [2.24, 2.45) is 15.8 Å². The number of hydrogen-bond acceptors (Lipinski definition) is 4. The maximum absolute atomic E-state index is 11.5. The van der Waals surface area contributed by atoms with E-state index in [1.54, 1.807) is 0 Å². The van der Waals surface area contributed by atoms with E-state index in [0.717, 1.165) is 25.5 Å². The molecule has 2 unspecified atom stereocenters. The Bertz CT molecular complexity index is 625. The van der Waals surface area contributed by atoms with Crippen molar-refractivity contribution in [2.45, 2.75) is 84.8 Å². The molecule has 2 aliphatic carbocycles. The molecule has 6 nitrogen and oxygen atoms in total. The SMILES string of the molecule is CCNC(=NCC(C)(C)CCS(C)(=O)=O)NC1CC(OCC)C12CCCCC2. The van der Waals surface area contributed by atoms with E-state index in [4.69, 9.17) is 9.73 Å². The molecule has 0 heterocycles. The first-order valence-corrected chi connectivity index (χ1v) is 13.0. The van der Waals surface area contributed by atoms with Gasteiger partial charge in [-0.2, -0.15) is 0 Å². The fourth-order valence-electron chi connectivity index (χ4n) is 4.58. The first kappa shape index (κ1) is 23.5. The molecule has 0 bridgehead atoms. The Kier molecular flexibility index (Phi) is 8.20. The van der Waals surface area contributed by atoms with Crippen LogP contribution in [0, 0.1) is 10.8 Å². The summed E-state index contributed by atoms with van der Waals surface area (Å²) in [4.78, 5) is 4.82. The summed E-state index contributed by atoms with van der Waals surface area (Å²) < 4.78 is 29.1. The average molecular weight is 416 g/mol. The van der Waals surface area contributed by atoms with E-state index in [0.29, 0.717) is 25.1 Å². The molecule has 0 aromatic rings. The number of hydrogen-bond donors (Lipinski definition) is 2.